The number of hydrogen-bond donors (Lipinski definition) is 2. The zero-order valence-electron chi connectivity index (χ0n) is 16.7. The Morgan fingerprint density at radius 1 is 1.03 bits per heavy atom. The Morgan fingerprint density at radius 2 is 1.70 bits per heavy atom. The van der Waals surface area contributed by atoms with Crippen LogP contribution in [0.4, 0.5) is 4.79 Å². The molecule has 1 amide bonds. The minimum absolute atomic E-state index is 0.0474. The molecule has 4 rings (SSSR count). The highest BCUT2D eigenvalue weighted by atomic mass is 16.5. The van der Waals surface area contributed by atoms with Crippen LogP contribution in [0.2, 0.25) is 0 Å². The second-order valence-electron chi connectivity index (χ2n) is 7.17. The van der Waals surface area contributed by atoms with Crippen molar-refractivity contribution in [1.82, 2.24) is 10.3 Å². The van der Waals surface area contributed by atoms with Gasteiger partial charge in [-0.1, -0.05) is 60.4 Å². The summed E-state index contributed by atoms with van der Waals surface area (Å²) in [6, 6.07) is 19.6. The van der Waals surface area contributed by atoms with Crippen LogP contribution in [0.5, 0.6) is 0 Å². The standard InChI is InChI=1S/C25H22N2O3/c1-17-18(13-14-24(28)27-17)8-6-7-15-26-25(29)30-16-23-21-11-4-2-9-19(21)20-10-3-5-12-22(20)23/h2-5,9-14,23H,7,15-16H2,1H3,(H,26,29)(H,27,28). The molecule has 0 radical (unpaired) electrons. The van der Waals surface area contributed by atoms with Crippen LogP contribution < -0.4 is 10.9 Å². The summed E-state index contributed by atoms with van der Waals surface area (Å²) >= 11 is 0. The number of alkyl carbamates (subject to hydrolysis) is 1. The van der Waals surface area contributed by atoms with Crippen molar-refractivity contribution in [2.24, 2.45) is 0 Å². The molecule has 1 aliphatic carbocycles. The van der Waals surface area contributed by atoms with Crippen molar-refractivity contribution < 1.29 is 9.53 Å². The Hall–Kier alpha value is -3.78. The zero-order chi connectivity index (χ0) is 20.9. The molecule has 1 heterocycles. The molecule has 0 bridgehead atoms. The number of ether oxygens (including phenoxy) is 1. The number of amides is 1. The molecule has 5 heteroatoms. The highest BCUT2D eigenvalue weighted by Crippen LogP contribution is 2.44. The van der Waals surface area contributed by atoms with Gasteiger partial charge in [0.2, 0.25) is 5.56 Å². The Kier molecular flexibility index (Phi) is 5.67. The molecule has 2 aromatic carbocycles. The van der Waals surface area contributed by atoms with Crippen LogP contribution in [0.1, 0.15) is 34.7 Å². The maximum absolute atomic E-state index is 12.1. The van der Waals surface area contributed by atoms with E-state index in [2.05, 4.69) is 46.4 Å². The number of fused-ring (bicyclic) bond motifs is 3. The van der Waals surface area contributed by atoms with Crippen molar-refractivity contribution in [1.29, 1.82) is 0 Å². The molecule has 0 aliphatic heterocycles. The first-order valence-electron chi connectivity index (χ1n) is 9.91. The summed E-state index contributed by atoms with van der Waals surface area (Å²) in [5, 5.41) is 2.74. The Labute approximate surface area is 175 Å². The summed E-state index contributed by atoms with van der Waals surface area (Å²) in [5.74, 6) is 6.05. The maximum atomic E-state index is 12.1. The minimum Gasteiger partial charge on any atom is -0.449 e. The van der Waals surface area contributed by atoms with E-state index in [1.165, 1.54) is 28.3 Å². The van der Waals surface area contributed by atoms with E-state index in [1.807, 2.05) is 24.3 Å². The number of nitrogens with one attached hydrogen (secondary N) is 2. The van der Waals surface area contributed by atoms with Crippen molar-refractivity contribution in [2.45, 2.75) is 19.3 Å². The monoisotopic (exact) mass is 398 g/mol. The fourth-order valence-corrected chi connectivity index (χ4v) is 3.75. The second kappa shape index (κ2) is 8.71. The Morgan fingerprint density at radius 3 is 2.37 bits per heavy atom. The maximum Gasteiger partial charge on any atom is 0.407 e. The summed E-state index contributed by atoms with van der Waals surface area (Å²) in [4.78, 5) is 26.1. The largest absolute Gasteiger partial charge is 0.449 e. The number of aryl methyl sites for hydroxylation is 1. The normalized spacial score (nSPS) is 11.8. The van der Waals surface area contributed by atoms with Gasteiger partial charge < -0.3 is 15.0 Å². The number of benzene rings is 2. The molecule has 0 saturated carbocycles. The smallest absolute Gasteiger partial charge is 0.407 e. The molecule has 150 valence electrons. The second-order valence-corrected chi connectivity index (χ2v) is 7.17. The number of aromatic nitrogens is 1. The number of carbonyl (C=O) groups is 1. The SMILES string of the molecule is Cc1[nH]c(=O)ccc1C#CCCNC(=O)OCC1c2ccccc2-c2ccccc21. The topological polar surface area (TPSA) is 71.2 Å². The van der Waals surface area contributed by atoms with Gasteiger partial charge in [0.15, 0.2) is 0 Å². The minimum atomic E-state index is -0.445. The van der Waals surface area contributed by atoms with Crippen molar-refractivity contribution in [3.63, 3.8) is 0 Å². The molecule has 0 spiro atoms. The molecule has 0 unspecified atom stereocenters. The van der Waals surface area contributed by atoms with Crippen LogP contribution in [0.15, 0.2) is 65.5 Å². The molecule has 0 saturated heterocycles. The fourth-order valence-electron chi connectivity index (χ4n) is 3.75. The summed E-state index contributed by atoms with van der Waals surface area (Å²) in [7, 11) is 0. The molecule has 0 atom stereocenters. The Balaban J connectivity index is 1.30. The van der Waals surface area contributed by atoms with Crippen molar-refractivity contribution in [2.75, 3.05) is 13.2 Å². The highest BCUT2D eigenvalue weighted by molar-refractivity contribution is 5.79. The van der Waals surface area contributed by atoms with Crippen molar-refractivity contribution in [3.8, 4) is 23.0 Å². The summed E-state index contributed by atoms with van der Waals surface area (Å²) in [6.07, 6.45) is 0.0434. The van der Waals surface area contributed by atoms with E-state index in [0.717, 1.165) is 11.3 Å². The lowest BCUT2D eigenvalue weighted by Crippen LogP contribution is -2.26. The van der Waals surface area contributed by atoms with E-state index in [1.54, 1.807) is 13.0 Å². The molecule has 1 aromatic heterocycles. The van der Waals surface area contributed by atoms with E-state index >= 15 is 0 Å². The molecule has 5 nitrogen and oxygen atoms in total. The lowest BCUT2D eigenvalue weighted by Gasteiger charge is -2.14. The predicted octanol–water partition coefficient (Wildman–Crippen LogP) is 3.96. The third-order valence-electron chi connectivity index (χ3n) is 5.20. The lowest BCUT2D eigenvalue weighted by atomic mass is 9.98. The van der Waals surface area contributed by atoms with Gasteiger partial charge in [-0.2, -0.15) is 0 Å². The summed E-state index contributed by atoms with van der Waals surface area (Å²) < 4.78 is 5.50. The van der Waals surface area contributed by atoms with Gasteiger partial charge in [0.25, 0.3) is 0 Å². The van der Waals surface area contributed by atoms with Crippen LogP contribution in [0.25, 0.3) is 11.1 Å². The van der Waals surface area contributed by atoms with Gasteiger partial charge in [-0.15, -0.1) is 0 Å². The van der Waals surface area contributed by atoms with Gasteiger partial charge in [-0.25, -0.2) is 4.79 Å². The number of H-pyrrole nitrogens is 1. The van der Waals surface area contributed by atoms with Crippen molar-refractivity contribution >= 4 is 6.09 Å². The number of carbonyl (C=O) groups excluding carboxylic acids is 1. The van der Waals surface area contributed by atoms with E-state index in [4.69, 9.17) is 4.74 Å². The molecule has 3 aromatic rings. The molecule has 2 N–H and O–H groups in total. The van der Waals surface area contributed by atoms with Crippen LogP contribution in [0.3, 0.4) is 0 Å². The first kappa shape index (κ1) is 19.5. The van der Waals surface area contributed by atoms with Gasteiger partial charge in [0, 0.05) is 36.2 Å². The van der Waals surface area contributed by atoms with Crippen LogP contribution in [-0.2, 0) is 4.74 Å². The molecule has 0 fully saturated rings. The van der Waals surface area contributed by atoms with Crippen molar-refractivity contribution in [3.05, 3.63) is 93.4 Å². The van der Waals surface area contributed by atoms with Crippen LogP contribution in [-0.4, -0.2) is 24.2 Å². The van der Waals surface area contributed by atoms with Crippen LogP contribution >= 0.6 is 0 Å². The lowest BCUT2D eigenvalue weighted by molar-refractivity contribution is 0.143. The van der Waals surface area contributed by atoms with Crippen LogP contribution in [0, 0.1) is 18.8 Å². The first-order chi connectivity index (χ1) is 14.6. The highest BCUT2D eigenvalue weighted by Gasteiger charge is 2.28. The Bertz CT molecular complexity index is 1160. The molecular weight excluding hydrogens is 376 g/mol. The number of pyridine rings is 1. The zero-order valence-corrected chi connectivity index (χ0v) is 16.7. The number of aromatic amines is 1. The van der Waals surface area contributed by atoms with E-state index in [0.29, 0.717) is 19.6 Å². The number of rotatable bonds is 4. The fraction of sp³-hybridized carbons (Fsp3) is 0.200. The molecule has 30 heavy (non-hydrogen) atoms. The third kappa shape index (κ3) is 4.13. The van der Waals surface area contributed by atoms with Gasteiger partial charge in [0.1, 0.15) is 6.61 Å². The average Bonchev–Trinajstić information content (AvgIpc) is 3.07. The van der Waals surface area contributed by atoms with Gasteiger partial charge in [-0.05, 0) is 35.2 Å². The average molecular weight is 398 g/mol. The van der Waals surface area contributed by atoms with Gasteiger partial charge >= 0.3 is 6.09 Å². The quantitative estimate of drug-likeness (QED) is 0.516. The van der Waals surface area contributed by atoms with E-state index < -0.39 is 6.09 Å². The summed E-state index contributed by atoms with van der Waals surface area (Å²) in [5.41, 5.74) is 6.15. The van der Waals surface area contributed by atoms with Gasteiger partial charge in [0.05, 0.1) is 0 Å². The number of hydrogen-bond acceptors (Lipinski definition) is 3. The van der Waals surface area contributed by atoms with E-state index in [-0.39, 0.29) is 11.5 Å². The molecule has 1 aliphatic rings. The predicted molar refractivity (Wildman–Crippen MR) is 116 cm³/mol. The first-order valence-corrected chi connectivity index (χ1v) is 9.91. The van der Waals surface area contributed by atoms with E-state index in [9.17, 15) is 9.59 Å². The third-order valence-corrected chi connectivity index (χ3v) is 5.20. The summed E-state index contributed by atoms with van der Waals surface area (Å²) in [6.45, 7) is 2.49. The van der Waals surface area contributed by atoms with Gasteiger partial charge in [-0.3, -0.25) is 4.79 Å². The molecular formula is C25H22N2O3.